The van der Waals surface area contributed by atoms with Gasteiger partial charge in [0.1, 0.15) is 0 Å². The Bertz CT molecular complexity index is 332. The van der Waals surface area contributed by atoms with E-state index in [0.29, 0.717) is 23.9 Å². The Morgan fingerprint density at radius 1 is 1.31 bits per heavy atom. The van der Waals surface area contributed by atoms with E-state index in [-0.39, 0.29) is 0 Å². The predicted molar refractivity (Wildman–Crippen MR) is 62.1 cm³/mol. The van der Waals surface area contributed by atoms with Gasteiger partial charge in [-0.15, -0.1) is 5.10 Å². The first-order valence-electron chi connectivity index (χ1n) is 6.05. The fourth-order valence-electron chi connectivity index (χ4n) is 1.72. The maximum atomic E-state index is 5.46. The predicted octanol–water partition coefficient (Wildman–Crippen LogP) is 1.78. The Kier molecular flexibility index (Phi) is 3.43. The second-order valence-electron chi connectivity index (χ2n) is 4.49. The van der Waals surface area contributed by atoms with Gasteiger partial charge in [0.15, 0.2) is 0 Å². The monoisotopic (exact) mass is 224 g/mol. The molecule has 2 rings (SSSR count). The van der Waals surface area contributed by atoms with Crippen LogP contribution in [0.3, 0.4) is 0 Å². The minimum Gasteiger partial charge on any atom is -0.407 e. The Morgan fingerprint density at radius 3 is 2.75 bits per heavy atom. The molecule has 2 N–H and O–H groups in total. The summed E-state index contributed by atoms with van der Waals surface area (Å²) in [5, 5.41) is 14.3. The molecule has 1 aliphatic carbocycles. The molecule has 1 aromatic heterocycles. The fraction of sp³-hybridized carbons (Fsp3) is 0.818. The van der Waals surface area contributed by atoms with Gasteiger partial charge in [-0.25, -0.2) is 0 Å². The third-order valence-electron chi connectivity index (χ3n) is 3.31. The molecular weight excluding hydrogens is 204 g/mol. The standard InChI is InChI=1S/C11H20N4O/c1-3-11(5-6-11)8-13-10-15-14-9(16-10)7-12-4-2/h12H,3-8H2,1-2H3,(H,13,15). The second-order valence-corrected chi connectivity index (χ2v) is 4.49. The molecule has 1 heterocycles. The highest BCUT2D eigenvalue weighted by atomic mass is 16.4. The summed E-state index contributed by atoms with van der Waals surface area (Å²) >= 11 is 0. The van der Waals surface area contributed by atoms with E-state index in [0.717, 1.165) is 13.1 Å². The zero-order valence-electron chi connectivity index (χ0n) is 10.0. The van der Waals surface area contributed by atoms with Crippen molar-refractivity contribution in [2.75, 3.05) is 18.4 Å². The van der Waals surface area contributed by atoms with Crippen LogP contribution in [-0.4, -0.2) is 23.3 Å². The van der Waals surface area contributed by atoms with Crippen molar-refractivity contribution in [2.45, 2.75) is 39.7 Å². The molecule has 0 bridgehead atoms. The summed E-state index contributed by atoms with van der Waals surface area (Å²) in [5.41, 5.74) is 0.496. The molecule has 90 valence electrons. The van der Waals surface area contributed by atoms with E-state index in [1.54, 1.807) is 0 Å². The van der Waals surface area contributed by atoms with Crippen LogP contribution >= 0.6 is 0 Å². The van der Waals surface area contributed by atoms with Crippen molar-refractivity contribution >= 4 is 6.01 Å². The van der Waals surface area contributed by atoms with Crippen molar-refractivity contribution < 1.29 is 4.42 Å². The molecule has 0 aliphatic heterocycles. The summed E-state index contributed by atoms with van der Waals surface area (Å²) in [7, 11) is 0. The third kappa shape index (κ3) is 2.72. The Labute approximate surface area is 96.0 Å². The van der Waals surface area contributed by atoms with E-state index < -0.39 is 0 Å². The van der Waals surface area contributed by atoms with Crippen LogP contribution in [0, 0.1) is 5.41 Å². The molecular formula is C11H20N4O. The number of anilines is 1. The highest BCUT2D eigenvalue weighted by Crippen LogP contribution is 2.48. The number of nitrogens with zero attached hydrogens (tertiary/aromatic N) is 2. The van der Waals surface area contributed by atoms with Gasteiger partial charge in [0.2, 0.25) is 5.89 Å². The van der Waals surface area contributed by atoms with Crippen molar-refractivity contribution in [1.82, 2.24) is 15.5 Å². The Morgan fingerprint density at radius 2 is 2.12 bits per heavy atom. The van der Waals surface area contributed by atoms with Crippen molar-refractivity contribution in [3.8, 4) is 0 Å². The molecule has 0 amide bonds. The zero-order chi connectivity index (χ0) is 11.4. The van der Waals surface area contributed by atoms with Crippen molar-refractivity contribution in [1.29, 1.82) is 0 Å². The average molecular weight is 224 g/mol. The molecule has 1 aromatic rings. The smallest absolute Gasteiger partial charge is 0.315 e. The molecule has 1 saturated carbocycles. The lowest BCUT2D eigenvalue weighted by Gasteiger charge is -2.11. The van der Waals surface area contributed by atoms with Crippen LogP contribution in [0.1, 0.15) is 39.0 Å². The third-order valence-corrected chi connectivity index (χ3v) is 3.31. The molecule has 0 radical (unpaired) electrons. The molecule has 0 aromatic carbocycles. The Hall–Kier alpha value is -1.10. The first kappa shape index (κ1) is 11.4. The van der Waals surface area contributed by atoms with E-state index in [1.807, 2.05) is 6.92 Å². The SMILES string of the molecule is CCNCc1nnc(NCC2(CC)CC2)o1. The summed E-state index contributed by atoms with van der Waals surface area (Å²) in [6, 6.07) is 0.549. The minimum absolute atomic E-state index is 0.496. The Balaban J connectivity index is 1.79. The molecule has 0 saturated heterocycles. The van der Waals surface area contributed by atoms with Gasteiger partial charge >= 0.3 is 6.01 Å². The molecule has 16 heavy (non-hydrogen) atoms. The van der Waals surface area contributed by atoms with Gasteiger partial charge < -0.3 is 15.1 Å². The molecule has 1 fully saturated rings. The molecule has 0 spiro atoms. The molecule has 5 heteroatoms. The van der Waals surface area contributed by atoms with Crippen LogP contribution in [-0.2, 0) is 6.54 Å². The lowest BCUT2D eigenvalue weighted by atomic mass is 10.0. The van der Waals surface area contributed by atoms with E-state index in [4.69, 9.17) is 4.42 Å². The van der Waals surface area contributed by atoms with E-state index in [1.165, 1.54) is 19.3 Å². The second kappa shape index (κ2) is 4.82. The van der Waals surface area contributed by atoms with Gasteiger partial charge in [-0.1, -0.05) is 18.9 Å². The number of hydrogen-bond donors (Lipinski definition) is 2. The average Bonchev–Trinajstić information content (AvgIpc) is 2.96. The normalized spacial score (nSPS) is 17.4. The maximum absolute atomic E-state index is 5.46. The molecule has 1 aliphatic rings. The van der Waals surface area contributed by atoms with Gasteiger partial charge in [0, 0.05) is 6.54 Å². The van der Waals surface area contributed by atoms with Crippen LogP contribution in [0.5, 0.6) is 0 Å². The largest absolute Gasteiger partial charge is 0.407 e. The molecule has 5 nitrogen and oxygen atoms in total. The van der Waals surface area contributed by atoms with Gasteiger partial charge in [-0.3, -0.25) is 0 Å². The minimum atomic E-state index is 0.496. The van der Waals surface area contributed by atoms with Crippen molar-refractivity contribution in [3.63, 3.8) is 0 Å². The number of aromatic nitrogens is 2. The first-order chi connectivity index (χ1) is 7.78. The number of nitrogens with one attached hydrogen (secondary N) is 2. The lowest BCUT2D eigenvalue weighted by molar-refractivity contribution is 0.467. The number of rotatable bonds is 7. The van der Waals surface area contributed by atoms with Gasteiger partial charge in [-0.2, -0.15) is 0 Å². The lowest BCUT2D eigenvalue weighted by Crippen LogP contribution is -2.14. The molecule has 0 unspecified atom stereocenters. The first-order valence-corrected chi connectivity index (χ1v) is 6.05. The van der Waals surface area contributed by atoms with Crippen LogP contribution in [0.15, 0.2) is 4.42 Å². The van der Waals surface area contributed by atoms with Gasteiger partial charge in [0.05, 0.1) is 6.54 Å². The molecule has 0 atom stereocenters. The topological polar surface area (TPSA) is 63.0 Å². The van der Waals surface area contributed by atoms with Crippen LogP contribution in [0.4, 0.5) is 6.01 Å². The van der Waals surface area contributed by atoms with Gasteiger partial charge in [0.25, 0.3) is 0 Å². The summed E-state index contributed by atoms with van der Waals surface area (Å²) in [5.74, 6) is 0.644. The summed E-state index contributed by atoms with van der Waals surface area (Å²) < 4.78 is 5.46. The summed E-state index contributed by atoms with van der Waals surface area (Å²) in [6.07, 6.45) is 3.85. The van der Waals surface area contributed by atoms with Crippen molar-refractivity contribution in [2.24, 2.45) is 5.41 Å². The zero-order valence-corrected chi connectivity index (χ0v) is 10.0. The summed E-state index contributed by atoms with van der Waals surface area (Å²) in [6.45, 7) is 6.78. The highest BCUT2D eigenvalue weighted by Gasteiger charge is 2.40. The fourth-order valence-corrected chi connectivity index (χ4v) is 1.72. The quantitative estimate of drug-likeness (QED) is 0.739. The maximum Gasteiger partial charge on any atom is 0.315 e. The highest BCUT2D eigenvalue weighted by molar-refractivity contribution is 5.19. The van der Waals surface area contributed by atoms with E-state index in [2.05, 4.69) is 27.8 Å². The van der Waals surface area contributed by atoms with E-state index in [9.17, 15) is 0 Å². The van der Waals surface area contributed by atoms with E-state index >= 15 is 0 Å². The van der Waals surface area contributed by atoms with Crippen LogP contribution in [0.2, 0.25) is 0 Å². The number of hydrogen-bond acceptors (Lipinski definition) is 5. The van der Waals surface area contributed by atoms with Crippen LogP contribution < -0.4 is 10.6 Å². The van der Waals surface area contributed by atoms with Crippen LogP contribution in [0.25, 0.3) is 0 Å². The summed E-state index contributed by atoms with van der Waals surface area (Å²) in [4.78, 5) is 0. The van der Waals surface area contributed by atoms with Crippen molar-refractivity contribution in [3.05, 3.63) is 5.89 Å². The van der Waals surface area contributed by atoms with Gasteiger partial charge in [-0.05, 0) is 31.2 Å².